The van der Waals surface area contributed by atoms with Gasteiger partial charge in [-0.1, -0.05) is 0 Å². The molecule has 1 aliphatic rings. The van der Waals surface area contributed by atoms with E-state index >= 15 is 0 Å². The molecular formula is C10H17N5O2. The highest BCUT2D eigenvalue weighted by molar-refractivity contribution is 5.38. The lowest BCUT2D eigenvalue weighted by Gasteiger charge is -2.40. The van der Waals surface area contributed by atoms with E-state index in [0.717, 1.165) is 19.3 Å². The lowest BCUT2D eigenvalue weighted by Crippen LogP contribution is -2.48. The first kappa shape index (κ1) is 11.8. The van der Waals surface area contributed by atoms with Gasteiger partial charge >= 0.3 is 6.01 Å². The molecule has 0 saturated heterocycles. The van der Waals surface area contributed by atoms with Gasteiger partial charge in [-0.25, -0.2) is 0 Å². The molecule has 0 amide bonds. The van der Waals surface area contributed by atoms with Gasteiger partial charge < -0.3 is 20.5 Å². The fourth-order valence-corrected chi connectivity index (χ4v) is 1.78. The Kier molecular flexibility index (Phi) is 3.28. The number of hydrogen-bond donors (Lipinski definition) is 3. The van der Waals surface area contributed by atoms with Crippen molar-refractivity contribution in [3.05, 3.63) is 0 Å². The van der Waals surface area contributed by atoms with E-state index in [-0.39, 0.29) is 18.2 Å². The number of aliphatic hydroxyl groups excluding tert-OH is 1. The second-order valence-corrected chi connectivity index (χ2v) is 4.14. The van der Waals surface area contributed by atoms with Gasteiger partial charge in [0.2, 0.25) is 11.9 Å². The van der Waals surface area contributed by atoms with Crippen molar-refractivity contribution in [3.8, 4) is 6.01 Å². The molecule has 7 nitrogen and oxygen atoms in total. The molecule has 0 aromatic carbocycles. The molecule has 0 atom stereocenters. The summed E-state index contributed by atoms with van der Waals surface area (Å²) in [5.74, 6) is 0.863. The summed E-state index contributed by atoms with van der Waals surface area (Å²) in [5, 5.41) is 15.4. The number of aromatic nitrogens is 3. The van der Waals surface area contributed by atoms with E-state index in [1.165, 1.54) is 7.11 Å². The van der Waals surface area contributed by atoms with E-state index < -0.39 is 0 Å². The van der Waals surface area contributed by atoms with Gasteiger partial charge in [-0.3, -0.25) is 0 Å². The van der Waals surface area contributed by atoms with E-state index in [2.05, 4.69) is 25.6 Å². The molecule has 0 spiro atoms. The van der Waals surface area contributed by atoms with Crippen LogP contribution < -0.4 is 15.4 Å². The van der Waals surface area contributed by atoms with Crippen molar-refractivity contribution >= 4 is 11.9 Å². The minimum absolute atomic E-state index is 0.0793. The van der Waals surface area contributed by atoms with Gasteiger partial charge in [0, 0.05) is 7.05 Å². The Bertz CT molecular complexity index is 367. The average molecular weight is 239 g/mol. The second-order valence-electron chi connectivity index (χ2n) is 4.14. The number of hydrogen-bond acceptors (Lipinski definition) is 7. The molecule has 1 saturated carbocycles. The Hall–Kier alpha value is -1.63. The van der Waals surface area contributed by atoms with Crippen LogP contribution in [0.4, 0.5) is 11.9 Å². The normalized spacial score (nSPS) is 17.1. The maximum Gasteiger partial charge on any atom is 0.322 e. The van der Waals surface area contributed by atoms with Crippen LogP contribution in [0.3, 0.4) is 0 Å². The zero-order valence-electron chi connectivity index (χ0n) is 10.0. The summed E-state index contributed by atoms with van der Waals surface area (Å²) in [6, 6.07) is 0.249. The fraction of sp³-hybridized carbons (Fsp3) is 0.700. The summed E-state index contributed by atoms with van der Waals surface area (Å²) < 4.78 is 4.99. The van der Waals surface area contributed by atoms with Gasteiger partial charge in [0.25, 0.3) is 0 Å². The molecule has 17 heavy (non-hydrogen) atoms. The van der Waals surface area contributed by atoms with Crippen molar-refractivity contribution in [2.45, 2.75) is 24.8 Å². The Morgan fingerprint density at radius 1 is 1.29 bits per heavy atom. The van der Waals surface area contributed by atoms with Crippen molar-refractivity contribution in [2.24, 2.45) is 0 Å². The summed E-state index contributed by atoms with van der Waals surface area (Å²) in [7, 11) is 3.23. The lowest BCUT2D eigenvalue weighted by atomic mass is 9.77. The topological polar surface area (TPSA) is 92.2 Å². The van der Waals surface area contributed by atoms with E-state index in [0.29, 0.717) is 11.9 Å². The third-order valence-corrected chi connectivity index (χ3v) is 3.01. The molecule has 7 heteroatoms. The standard InChI is InChI=1S/C10H17N5O2/c1-11-7-12-8(14-9(13-7)17-2)15-10(6-16)4-3-5-10/h16H,3-6H2,1-2H3,(H2,11,12,13,14,15). The van der Waals surface area contributed by atoms with Crippen LogP contribution in [0.5, 0.6) is 6.01 Å². The molecule has 94 valence electrons. The first-order chi connectivity index (χ1) is 8.21. The number of ether oxygens (including phenoxy) is 1. The first-order valence-electron chi connectivity index (χ1n) is 5.58. The van der Waals surface area contributed by atoms with Gasteiger partial charge in [-0.15, -0.1) is 0 Å². The van der Waals surface area contributed by atoms with Gasteiger partial charge in [-0.05, 0) is 19.3 Å². The van der Waals surface area contributed by atoms with Gasteiger partial charge in [0.15, 0.2) is 0 Å². The smallest absolute Gasteiger partial charge is 0.322 e. The molecule has 2 rings (SSSR count). The van der Waals surface area contributed by atoms with Crippen molar-refractivity contribution in [1.82, 2.24) is 15.0 Å². The highest BCUT2D eigenvalue weighted by Crippen LogP contribution is 2.34. The Labute approximate surface area is 99.6 Å². The average Bonchev–Trinajstić information content (AvgIpc) is 2.33. The van der Waals surface area contributed by atoms with Crippen LogP contribution in [-0.2, 0) is 0 Å². The van der Waals surface area contributed by atoms with Gasteiger partial charge in [0.1, 0.15) is 0 Å². The van der Waals surface area contributed by atoms with Crippen molar-refractivity contribution < 1.29 is 9.84 Å². The van der Waals surface area contributed by atoms with Gasteiger partial charge in [-0.2, -0.15) is 15.0 Å². The maximum absolute atomic E-state index is 9.37. The van der Waals surface area contributed by atoms with Crippen molar-refractivity contribution in [3.63, 3.8) is 0 Å². The molecule has 1 aliphatic carbocycles. The Balaban J connectivity index is 2.19. The van der Waals surface area contributed by atoms with Crippen LogP contribution in [0, 0.1) is 0 Å². The van der Waals surface area contributed by atoms with Crippen LogP contribution >= 0.6 is 0 Å². The van der Waals surface area contributed by atoms with Crippen LogP contribution in [0.15, 0.2) is 0 Å². The minimum Gasteiger partial charge on any atom is -0.467 e. The van der Waals surface area contributed by atoms with Crippen LogP contribution in [-0.4, -0.2) is 46.4 Å². The van der Waals surface area contributed by atoms with E-state index in [1.807, 2.05) is 0 Å². The maximum atomic E-state index is 9.37. The van der Waals surface area contributed by atoms with Gasteiger partial charge in [0.05, 0.1) is 19.3 Å². The van der Waals surface area contributed by atoms with E-state index in [9.17, 15) is 5.11 Å². The van der Waals surface area contributed by atoms with E-state index in [4.69, 9.17) is 4.74 Å². The molecule has 3 N–H and O–H groups in total. The monoisotopic (exact) mass is 239 g/mol. The lowest BCUT2D eigenvalue weighted by molar-refractivity contribution is 0.143. The van der Waals surface area contributed by atoms with Crippen LogP contribution in [0.25, 0.3) is 0 Å². The number of nitrogens with one attached hydrogen (secondary N) is 2. The highest BCUT2D eigenvalue weighted by atomic mass is 16.5. The first-order valence-corrected chi connectivity index (χ1v) is 5.58. The fourth-order valence-electron chi connectivity index (χ4n) is 1.78. The van der Waals surface area contributed by atoms with Crippen LogP contribution in [0.1, 0.15) is 19.3 Å². The molecule has 0 radical (unpaired) electrons. The zero-order chi connectivity index (χ0) is 12.3. The summed E-state index contributed by atoms with van der Waals surface area (Å²) in [5.41, 5.74) is -0.280. The SMILES string of the molecule is CNc1nc(NC2(CO)CCC2)nc(OC)n1. The highest BCUT2D eigenvalue weighted by Gasteiger charge is 2.37. The summed E-state index contributed by atoms with van der Waals surface area (Å²) >= 11 is 0. The number of aliphatic hydroxyl groups is 1. The molecule has 0 unspecified atom stereocenters. The summed E-state index contributed by atoms with van der Waals surface area (Å²) in [4.78, 5) is 12.3. The predicted octanol–water partition coefficient (Wildman–Crippen LogP) is 0.249. The molecule has 1 fully saturated rings. The largest absolute Gasteiger partial charge is 0.467 e. The molecule has 1 heterocycles. The quantitative estimate of drug-likeness (QED) is 0.678. The number of rotatable bonds is 5. The Morgan fingerprint density at radius 2 is 2.00 bits per heavy atom. The zero-order valence-corrected chi connectivity index (χ0v) is 10.0. The predicted molar refractivity (Wildman–Crippen MR) is 63.2 cm³/mol. The number of methoxy groups -OCH3 is 1. The van der Waals surface area contributed by atoms with Crippen molar-refractivity contribution in [1.29, 1.82) is 0 Å². The van der Waals surface area contributed by atoms with Crippen molar-refractivity contribution in [2.75, 3.05) is 31.4 Å². The molecule has 1 aromatic rings. The molecule has 0 aliphatic heterocycles. The van der Waals surface area contributed by atoms with E-state index in [1.54, 1.807) is 7.05 Å². The number of anilines is 2. The third kappa shape index (κ3) is 2.38. The summed E-state index contributed by atoms with van der Waals surface area (Å²) in [6.45, 7) is 0.0793. The second kappa shape index (κ2) is 4.70. The number of nitrogens with zero attached hydrogens (tertiary/aromatic N) is 3. The summed E-state index contributed by atoms with van der Waals surface area (Å²) in [6.07, 6.45) is 2.95. The molecule has 1 aromatic heterocycles. The molecular weight excluding hydrogens is 222 g/mol. The minimum atomic E-state index is -0.280. The van der Waals surface area contributed by atoms with Crippen LogP contribution in [0.2, 0.25) is 0 Å². The Morgan fingerprint density at radius 3 is 2.47 bits per heavy atom. The molecule has 0 bridgehead atoms. The third-order valence-electron chi connectivity index (χ3n) is 3.01.